The monoisotopic (exact) mass is 477 g/mol. The van der Waals surface area contributed by atoms with Crippen LogP contribution in [0.25, 0.3) is 0 Å². The maximum atomic E-state index is 12.7. The van der Waals surface area contributed by atoms with Crippen molar-refractivity contribution in [2.75, 3.05) is 31.0 Å². The zero-order valence-electron chi connectivity index (χ0n) is 17.5. The Kier molecular flexibility index (Phi) is 6.68. The Morgan fingerprint density at radius 3 is 2.50 bits per heavy atom. The number of carbonyl (C=O) groups excluding carboxylic acids is 2. The SMILES string of the molecule is CC(=O)c1cc2c(cc1NC(=O)CSc1ccc(S(=O)(=O)N3CCCCC3)cn1)OCO2. The van der Waals surface area contributed by atoms with Crippen LogP contribution in [-0.2, 0) is 14.8 Å². The highest BCUT2D eigenvalue weighted by atomic mass is 32.2. The minimum absolute atomic E-state index is 0.0387. The minimum atomic E-state index is -3.54. The summed E-state index contributed by atoms with van der Waals surface area (Å²) in [6, 6.07) is 6.23. The summed E-state index contributed by atoms with van der Waals surface area (Å²) in [5, 5.41) is 3.25. The molecule has 0 radical (unpaired) electrons. The number of benzene rings is 1. The molecule has 9 nitrogen and oxygen atoms in total. The van der Waals surface area contributed by atoms with Gasteiger partial charge in [0.25, 0.3) is 0 Å². The molecular formula is C21H23N3O6S2. The number of pyridine rings is 1. The molecule has 11 heteroatoms. The second-order valence-corrected chi connectivity index (χ2v) is 10.4. The standard InChI is InChI=1S/C21H23N3O6S2/c1-14(25)16-9-18-19(30-13-29-18)10-17(16)23-20(26)12-31-21-6-5-15(11-22-21)32(27,28)24-7-3-2-4-8-24/h5-6,9-11H,2-4,7-8,12-13H2,1H3,(H,23,26). The number of ketones is 1. The predicted octanol–water partition coefficient (Wildman–Crippen LogP) is 2.92. The smallest absolute Gasteiger partial charge is 0.244 e. The topological polar surface area (TPSA) is 115 Å². The van der Waals surface area contributed by atoms with Crippen molar-refractivity contribution in [1.82, 2.24) is 9.29 Å². The Balaban J connectivity index is 1.38. The second-order valence-electron chi connectivity index (χ2n) is 7.44. The molecule has 1 amide bonds. The van der Waals surface area contributed by atoms with Gasteiger partial charge in [-0.05, 0) is 38.0 Å². The van der Waals surface area contributed by atoms with E-state index in [0.29, 0.717) is 40.9 Å². The molecule has 4 rings (SSSR count). The van der Waals surface area contributed by atoms with Crippen LogP contribution in [0.15, 0.2) is 40.4 Å². The summed E-state index contributed by atoms with van der Waals surface area (Å²) in [4.78, 5) is 28.7. The first-order valence-electron chi connectivity index (χ1n) is 10.2. The average molecular weight is 478 g/mol. The summed E-state index contributed by atoms with van der Waals surface area (Å²) < 4.78 is 37.5. The van der Waals surface area contributed by atoms with Crippen molar-refractivity contribution in [1.29, 1.82) is 0 Å². The Morgan fingerprint density at radius 2 is 1.84 bits per heavy atom. The Hall–Kier alpha value is -2.63. The molecule has 0 aliphatic carbocycles. The van der Waals surface area contributed by atoms with Gasteiger partial charge in [-0.15, -0.1) is 0 Å². The molecule has 0 bridgehead atoms. The third kappa shape index (κ3) is 4.89. The first kappa shape index (κ1) is 22.6. The van der Waals surface area contributed by atoms with Crippen LogP contribution in [-0.4, -0.2) is 55.0 Å². The lowest BCUT2D eigenvalue weighted by molar-refractivity contribution is -0.113. The van der Waals surface area contributed by atoms with Gasteiger partial charge in [0.1, 0.15) is 4.90 Å². The number of aromatic nitrogens is 1. The highest BCUT2D eigenvalue weighted by Crippen LogP contribution is 2.37. The number of sulfonamides is 1. The van der Waals surface area contributed by atoms with Crippen molar-refractivity contribution in [3.8, 4) is 11.5 Å². The number of amides is 1. The fourth-order valence-electron chi connectivity index (χ4n) is 3.52. The van der Waals surface area contributed by atoms with E-state index in [4.69, 9.17) is 9.47 Å². The van der Waals surface area contributed by atoms with Crippen molar-refractivity contribution in [2.45, 2.75) is 36.1 Å². The quantitative estimate of drug-likeness (QED) is 0.478. The molecule has 2 aliphatic heterocycles. The number of fused-ring (bicyclic) bond motifs is 1. The molecule has 2 aliphatic rings. The summed E-state index contributed by atoms with van der Waals surface area (Å²) in [6.45, 7) is 2.53. The number of carbonyl (C=O) groups is 2. The molecule has 0 unspecified atom stereocenters. The van der Waals surface area contributed by atoms with E-state index in [0.717, 1.165) is 19.3 Å². The summed E-state index contributed by atoms with van der Waals surface area (Å²) in [5.41, 5.74) is 0.682. The van der Waals surface area contributed by atoms with Gasteiger partial charge in [-0.3, -0.25) is 9.59 Å². The van der Waals surface area contributed by atoms with Gasteiger partial charge in [0.15, 0.2) is 17.3 Å². The van der Waals surface area contributed by atoms with Crippen molar-refractivity contribution in [3.63, 3.8) is 0 Å². The number of nitrogens with one attached hydrogen (secondary N) is 1. The molecule has 2 aromatic rings. The maximum Gasteiger partial charge on any atom is 0.244 e. The van der Waals surface area contributed by atoms with Crippen LogP contribution in [0, 0.1) is 0 Å². The molecule has 1 saturated heterocycles. The molecule has 0 saturated carbocycles. The highest BCUT2D eigenvalue weighted by molar-refractivity contribution is 7.99. The molecule has 3 heterocycles. The lowest BCUT2D eigenvalue weighted by atomic mass is 10.1. The number of piperidine rings is 1. The molecule has 1 fully saturated rings. The first-order chi connectivity index (χ1) is 15.3. The average Bonchev–Trinajstić information content (AvgIpc) is 3.25. The third-order valence-electron chi connectivity index (χ3n) is 5.18. The van der Waals surface area contributed by atoms with E-state index >= 15 is 0 Å². The third-order valence-corrected chi connectivity index (χ3v) is 8.01. The normalized spacial score (nSPS) is 16.0. The van der Waals surface area contributed by atoms with Crippen LogP contribution < -0.4 is 14.8 Å². The minimum Gasteiger partial charge on any atom is -0.454 e. The van der Waals surface area contributed by atoms with Crippen LogP contribution in [0.5, 0.6) is 11.5 Å². The number of hydrogen-bond donors (Lipinski definition) is 1. The lowest BCUT2D eigenvalue weighted by Gasteiger charge is -2.25. The molecule has 1 aromatic carbocycles. The number of ether oxygens (including phenoxy) is 2. The van der Waals surface area contributed by atoms with E-state index in [9.17, 15) is 18.0 Å². The van der Waals surface area contributed by atoms with E-state index in [2.05, 4.69) is 10.3 Å². The largest absolute Gasteiger partial charge is 0.454 e. The molecule has 170 valence electrons. The maximum absolute atomic E-state index is 12.7. The highest BCUT2D eigenvalue weighted by Gasteiger charge is 2.26. The number of Topliss-reactive ketones (excluding diaryl/α,β-unsaturated/α-hetero) is 1. The van der Waals surface area contributed by atoms with E-state index in [1.807, 2.05) is 0 Å². The van der Waals surface area contributed by atoms with Gasteiger partial charge in [0, 0.05) is 30.9 Å². The Morgan fingerprint density at radius 1 is 1.12 bits per heavy atom. The number of anilines is 1. The van der Waals surface area contributed by atoms with Crippen LogP contribution in [0.2, 0.25) is 0 Å². The van der Waals surface area contributed by atoms with E-state index in [1.165, 1.54) is 35.3 Å². The van der Waals surface area contributed by atoms with Crippen molar-refractivity contribution in [2.24, 2.45) is 0 Å². The molecule has 0 atom stereocenters. The van der Waals surface area contributed by atoms with Gasteiger partial charge in [0.05, 0.1) is 16.5 Å². The van der Waals surface area contributed by atoms with E-state index < -0.39 is 10.0 Å². The van der Waals surface area contributed by atoms with Crippen molar-refractivity contribution >= 4 is 39.2 Å². The Bertz CT molecular complexity index is 1130. The van der Waals surface area contributed by atoms with Gasteiger partial charge in [-0.2, -0.15) is 4.31 Å². The van der Waals surface area contributed by atoms with Crippen LogP contribution in [0.3, 0.4) is 0 Å². The molecule has 0 spiro atoms. The summed E-state index contributed by atoms with van der Waals surface area (Å²) in [7, 11) is -3.54. The van der Waals surface area contributed by atoms with E-state index in [-0.39, 0.29) is 29.1 Å². The zero-order chi connectivity index (χ0) is 22.7. The number of thioether (sulfide) groups is 1. The number of nitrogens with zero attached hydrogens (tertiary/aromatic N) is 2. The van der Waals surface area contributed by atoms with Gasteiger partial charge in [-0.25, -0.2) is 13.4 Å². The summed E-state index contributed by atoms with van der Waals surface area (Å²) in [6.07, 6.45) is 4.10. The van der Waals surface area contributed by atoms with Crippen molar-refractivity contribution < 1.29 is 27.5 Å². The van der Waals surface area contributed by atoms with Crippen LogP contribution >= 0.6 is 11.8 Å². The van der Waals surface area contributed by atoms with Gasteiger partial charge >= 0.3 is 0 Å². The fourth-order valence-corrected chi connectivity index (χ4v) is 5.63. The second kappa shape index (κ2) is 9.47. The van der Waals surface area contributed by atoms with Gasteiger partial charge < -0.3 is 14.8 Å². The first-order valence-corrected chi connectivity index (χ1v) is 12.6. The fraction of sp³-hybridized carbons (Fsp3) is 0.381. The molecule has 32 heavy (non-hydrogen) atoms. The van der Waals surface area contributed by atoms with E-state index in [1.54, 1.807) is 18.2 Å². The van der Waals surface area contributed by atoms with Crippen molar-refractivity contribution in [3.05, 3.63) is 36.0 Å². The summed E-state index contributed by atoms with van der Waals surface area (Å²) in [5.74, 6) is 0.426. The number of rotatable bonds is 7. The Labute approximate surface area is 190 Å². The number of hydrogen-bond acceptors (Lipinski definition) is 8. The lowest BCUT2D eigenvalue weighted by Crippen LogP contribution is -2.35. The van der Waals surface area contributed by atoms with Gasteiger partial charge in [-0.1, -0.05) is 18.2 Å². The predicted molar refractivity (Wildman–Crippen MR) is 119 cm³/mol. The molecular weight excluding hydrogens is 454 g/mol. The van der Waals surface area contributed by atoms with Crippen LogP contribution in [0.4, 0.5) is 5.69 Å². The molecule has 1 N–H and O–H groups in total. The zero-order valence-corrected chi connectivity index (χ0v) is 19.1. The summed E-state index contributed by atoms with van der Waals surface area (Å²) >= 11 is 1.17. The van der Waals surface area contributed by atoms with Crippen LogP contribution in [0.1, 0.15) is 36.5 Å². The van der Waals surface area contributed by atoms with Gasteiger partial charge in [0.2, 0.25) is 22.7 Å². The molecule has 1 aromatic heterocycles.